The molecule has 1 fully saturated rings. The van der Waals surface area contributed by atoms with Crippen molar-refractivity contribution >= 4 is 11.4 Å². The normalized spacial score (nSPS) is 15.1. The average Bonchev–Trinajstić information content (AvgIpc) is 2.52. The quantitative estimate of drug-likeness (QED) is 0.856. The molecule has 1 aliphatic heterocycles. The number of nitrogens with two attached hydrogens (primary N) is 1. The molecular weight excluding hydrogens is 275 g/mol. The summed E-state index contributed by atoms with van der Waals surface area (Å²) in [6.07, 6.45) is 4.59. The zero-order valence-corrected chi connectivity index (χ0v) is 13.1. The minimum Gasteiger partial charge on any atom is -0.397 e. The SMILES string of the molecule is Cc1cc(Cc2ccc(N3CCCCC3)c(N)c2)ccc1F. The summed E-state index contributed by atoms with van der Waals surface area (Å²) in [6, 6.07) is 11.6. The molecule has 1 saturated heterocycles. The molecule has 1 aliphatic rings. The van der Waals surface area contributed by atoms with E-state index in [-0.39, 0.29) is 5.82 Å². The first-order valence-electron chi connectivity index (χ1n) is 8.02. The number of halogens is 1. The van der Waals surface area contributed by atoms with Crippen LogP contribution < -0.4 is 10.6 Å². The second-order valence-electron chi connectivity index (χ2n) is 6.20. The molecule has 0 bridgehead atoms. The number of benzene rings is 2. The average molecular weight is 298 g/mol. The summed E-state index contributed by atoms with van der Waals surface area (Å²) < 4.78 is 13.3. The van der Waals surface area contributed by atoms with Crippen LogP contribution in [-0.4, -0.2) is 13.1 Å². The monoisotopic (exact) mass is 298 g/mol. The van der Waals surface area contributed by atoms with Gasteiger partial charge in [-0.2, -0.15) is 0 Å². The van der Waals surface area contributed by atoms with Crippen molar-refractivity contribution in [3.63, 3.8) is 0 Å². The molecule has 0 saturated carbocycles. The van der Waals surface area contributed by atoms with Crippen LogP contribution >= 0.6 is 0 Å². The Morgan fingerprint density at radius 2 is 1.68 bits per heavy atom. The molecule has 116 valence electrons. The Bertz CT molecular complexity index is 660. The van der Waals surface area contributed by atoms with Crippen molar-refractivity contribution in [1.29, 1.82) is 0 Å². The number of hydrogen-bond acceptors (Lipinski definition) is 2. The predicted molar refractivity (Wildman–Crippen MR) is 90.9 cm³/mol. The molecule has 2 aromatic carbocycles. The standard InChI is InChI=1S/C19H23FN2/c1-14-11-15(5-7-17(14)20)12-16-6-8-19(18(21)13-16)22-9-3-2-4-10-22/h5-8,11,13H,2-4,9-10,12,21H2,1H3. The maximum atomic E-state index is 13.3. The molecule has 0 aromatic heterocycles. The minimum absolute atomic E-state index is 0.149. The molecule has 2 N–H and O–H groups in total. The van der Waals surface area contributed by atoms with Crippen LogP contribution in [0.5, 0.6) is 0 Å². The van der Waals surface area contributed by atoms with Crippen LogP contribution in [0.3, 0.4) is 0 Å². The van der Waals surface area contributed by atoms with Gasteiger partial charge in [0.05, 0.1) is 11.4 Å². The molecule has 2 aromatic rings. The van der Waals surface area contributed by atoms with Gasteiger partial charge in [0.1, 0.15) is 5.82 Å². The van der Waals surface area contributed by atoms with Crippen molar-refractivity contribution in [1.82, 2.24) is 0 Å². The molecular formula is C19H23FN2. The molecule has 0 aliphatic carbocycles. The van der Waals surface area contributed by atoms with Gasteiger partial charge in [0.25, 0.3) is 0 Å². The fourth-order valence-corrected chi connectivity index (χ4v) is 3.19. The zero-order valence-electron chi connectivity index (χ0n) is 13.1. The Balaban J connectivity index is 1.77. The molecule has 22 heavy (non-hydrogen) atoms. The van der Waals surface area contributed by atoms with E-state index in [2.05, 4.69) is 23.1 Å². The van der Waals surface area contributed by atoms with Crippen molar-refractivity contribution in [2.75, 3.05) is 23.7 Å². The molecule has 0 unspecified atom stereocenters. The van der Waals surface area contributed by atoms with E-state index in [9.17, 15) is 4.39 Å². The number of anilines is 2. The summed E-state index contributed by atoms with van der Waals surface area (Å²) >= 11 is 0. The molecule has 3 rings (SSSR count). The molecule has 0 radical (unpaired) electrons. The van der Waals surface area contributed by atoms with Crippen LogP contribution in [0.15, 0.2) is 36.4 Å². The van der Waals surface area contributed by atoms with Gasteiger partial charge >= 0.3 is 0 Å². The maximum Gasteiger partial charge on any atom is 0.126 e. The van der Waals surface area contributed by atoms with Crippen molar-refractivity contribution in [3.8, 4) is 0 Å². The van der Waals surface area contributed by atoms with Gasteiger partial charge in [0.15, 0.2) is 0 Å². The molecule has 2 nitrogen and oxygen atoms in total. The van der Waals surface area contributed by atoms with Gasteiger partial charge < -0.3 is 10.6 Å². The molecule has 3 heteroatoms. The Kier molecular flexibility index (Phi) is 4.32. The van der Waals surface area contributed by atoms with Crippen molar-refractivity contribution in [3.05, 3.63) is 58.9 Å². The Hall–Kier alpha value is -2.03. The largest absolute Gasteiger partial charge is 0.397 e. The van der Waals surface area contributed by atoms with Crippen LogP contribution in [0.2, 0.25) is 0 Å². The summed E-state index contributed by atoms with van der Waals surface area (Å²) in [5.74, 6) is -0.149. The second kappa shape index (κ2) is 6.39. The highest BCUT2D eigenvalue weighted by Gasteiger charge is 2.13. The van der Waals surface area contributed by atoms with Crippen LogP contribution in [0, 0.1) is 12.7 Å². The van der Waals surface area contributed by atoms with Crippen LogP contribution in [0.25, 0.3) is 0 Å². The molecule has 0 atom stereocenters. The van der Waals surface area contributed by atoms with Gasteiger partial charge in [0, 0.05) is 13.1 Å². The highest BCUT2D eigenvalue weighted by Crippen LogP contribution is 2.28. The van der Waals surface area contributed by atoms with E-state index in [0.717, 1.165) is 36.4 Å². The lowest BCUT2D eigenvalue weighted by Gasteiger charge is -2.30. The number of nitrogens with zero attached hydrogens (tertiary/aromatic N) is 1. The third kappa shape index (κ3) is 3.24. The number of piperidine rings is 1. The maximum absolute atomic E-state index is 13.3. The van der Waals surface area contributed by atoms with E-state index in [0.29, 0.717) is 5.56 Å². The lowest BCUT2D eigenvalue weighted by molar-refractivity contribution is 0.578. The Morgan fingerprint density at radius 3 is 2.36 bits per heavy atom. The third-order valence-electron chi connectivity index (χ3n) is 4.42. The number of nitrogen functional groups attached to an aromatic ring is 1. The first-order valence-corrected chi connectivity index (χ1v) is 8.02. The lowest BCUT2D eigenvalue weighted by atomic mass is 10.0. The molecule has 1 heterocycles. The van der Waals surface area contributed by atoms with E-state index in [1.165, 1.54) is 30.9 Å². The van der Waals surface area contributed by atoms with Crippen molar-refractivity contribution in [2.24, 2.45) is 0 Å². The minimum atomic E-state index is -0.149. The van der Waals surface area contributed by atoms with E-state index in [1.54, 1.807) is 6.92 Å². The van der Waals surface area contributed by atoms with E-state index in [1.807, 2.05) is 12.1 Å². The van der Waals surface area contributed by atoms with Gasteiger partial charge in [0.2, 0.25) is 0 Å². The van der Waals surface area contributed by atoms with Crippen molar-refractivity contribution in [2.45, 2.75) is 32.6 Å². The van der Waals surface area contributed by atoms with Crippen molar-refractivity contribution < 1.29 is 4.39 Å². The third-order valence-corrected chi connectivity index (χ3v) is 4.42. The molecule has 0 amide bonds. The Labute approximate surface area is 131 Å². The van der Waals surface area contributed by atoms with Crippen LogP contribution in [-0.2, 0) is 6.42 Å². The second-order valence-corrected chi connectivity index (χ2v) is 6.20. The van der Waals surface area contributed by atoms with Crippen LogP contribution in [0.1, 0.15) is 36.0 Å². The smallest absolute Gasteiger partial charge is 0.126 e. The lowest BCUT2D eigenvalue weighted by Crippen LogP contribution is -2.30. The fraction of sp³-hybridized carbons (Fsp3) is 0.368. The zero-order chi connectivity index (χ0) is 15.5. The first kappa shape index (κ1) is 14.9. The fourth-order valence-electron chi connectivity index (χ4n) is 3.19. The summed E-state index contributed by atoms with van der Waals surface area (Å²) in [4.78, 5) is 2.38. The Morgan fingerprint density at radius 1 is 1.00 bits per heavy atom. The van der Waals surface area contributed by atoms with Gasteiger partial charge in [-0.15, -0.1) is 0 Å². The van der Waals surface area contributed by atoms with E-state index in [4.69, 9.17) is 5.73 Å². The van der Waals surface area contributed by atoms with E-state index >= 15 is 0 Å². The highest BCUT2D eigenvalue weighted by atomic mass is 19.1. The van der Waals surface area contributed by atoms with Crippen LogP contribution in [0.4, 0.5) is 15.8 Å². The predicted octanol–water partition coefficient (Wildman–Crippen LogP) is 4.30. The highest BCUT2D eigenvalue weighted by molar-refractivity contribution is 5.68. The number of hydrogen-bond donors (Lipinski definition) is 1. The summed E-state index contributed by atoms with van der Waals surface area (Å²) in [5.41, 5.74) is 11.2. The topological polar surface area (TPSA) is 29.3 Å². The van der Waals surface area contributed by atoms with Gasteiger partial charge in [-0.3, -0.25) is 0 Å². The number of aryl methyl sites for hydroxylation is 1. The summed E-state index contributed by atoms with van der Waals surface area (Å²) in [6.45, 7) is 3.99. The summed E-state index contributed by atoms with van der Waals surface area (Å²) in [7, 11) is 0. The molecule has 0 spiro atoms. The van der Waals surface area contributed by atoms with Gasteiger partial charge in [-0.25, -0.2) is 4.39 Å². The summed E-state index contributed by atoms with van der Waals surface area (Å²) in [5, 5.41) is 0. The first-order chi connectivity index (χ1) is 10.6. The van der Waals surface area contributed by atoms with Gasteiger partial charge in [-0.1, -0.05) is 18.2 Å². The van der Waals surface area contributed by atoms with Gasteiger partial charge in [-0.05, 0) is 67.5 Å². The number of rotatable bonds is 3. The van der Waals surface area contributed by atoms with E-state index < -0.39 is 0 Å².